The van der Waals surface area contributed by atoms with Crippen LogP contribution in [-0.2, 0) is 14.2 Å². The maximum atomic E-state index is 12.2. The van der Waals surface area contributed by atoms with Crippen LogP contribution in [0.5, 0.6) is 0 Å². The quantitative estimate of drug-likeness (QED) is 0.891. The van der Waals surface area contributed by atoms with Gasteiger partial charge in [0.2, 0.25) is 0 Å². The first-order valence-corrected chi connectivity index (χ1v) is 8.02. The van der Waals surface area contributed by atoms with Gasteiger partial charge in [0, 0.05) is 12.8 Å². The number of fused-ring (bicyclic) bond motifs is 1. The van der Waals surface area contributed by atoms with Crippen LogP contribution in [0.25, 0.3) is 0 Å². The van der Waals surface area contributed by atoms with Crippen LogP contribution in [0.2, 0.25) is 0 Å². The van der Waals surface area contributed by atoms with E-state index in [0.717, 1.165) is 5.69 Å². The van der Waals surface area contributed by atoms with Crippen LogP contribution in [0.4, 0.5) is 10.5 Å². The molecule has 2 aliphatic heterocycles. The van der Waals surface area contributed by atoms with Gasteiger partial charge in [0.1, 0.15) is 18.3 Å². The van der Waals surface area contributed by atoms with E-state index in [1.54, 1.807) is 7.11 Å². The van der Waals surface area contributed by atoms with E-state index in [4.69, 9.17) is 14.2 Å². The molecular formula is C17H24N2O4. The highest BCUT2D eigenvalue weighted by atomic mass is 16.6. The van der Waals surface area contributed by atoms with Crippen molar-refractivity contribution in [3.8, 4) is 0 Å². The number of nitrogens with one attached hydrogen (secondary N) is 2. The molecule has 23 heavy (non-hydrogen) atoms. The first kappa shape index (κ1) is 16.2. The van der Waals surface area contributed by atoms with Crippen molar-refractivity contribution in [1.29, 1.82) is 0 Å². The minimum absolute atomic E-state index is 0.0570. The van der Waals surface area contributed by atoms with Crippen molar-refractivity contribution in [2.45, 2.75) is 44.1 Å². The van der Waals surface area contributed by atoms with Crippen molar-refractivity contribution in [1.82, 2.24) is 5.32 Å². The Morgan fingerprint density at radius 1 is 1.17 bits per heavy atom. The molecule has 0 aliphatic carbocycles. The molecule has 2 saturated heterocycles. The van der Waals surface area contributed by atoms with Crippen molar-refractivity contribution in [3.63, 3.8) is 0 Å². The number of benzene rings is 1. The maximum Gasteiger partial charge on any atom is 0.319 e. The van der Waals surface area contributed by atoms with Crippen molar-refractivity contribution in [2.24, 2.45) is 0 Å². The molecule has 2 amide bonds. The van der Waals surface area contributed by atoms with Crippen molar-refractivity contribution < 1.29 is 19.0 Å². The Balaban J connectivity index is 1.54. The van der Waals surface area contributed by atoms with E-state index in [9.17, 15) is 4.79 Å². The molecule has 6 heteroatoms. The van der Waals surface area contributed by atoms with Gasteiger partial charge in [0.05, 0.1) is 19.3 Å². The number of carbonyl (C=O) groups is 1. The van der Waals surface area contributed by atoms with Crippen molar-refractivity contribution in [3.05, 3.63) is 29.8 Å². The molecule has 0 spiro atoms. The van der Waals surface area contributed by atoms with Crippen LogP contribution in [0.15, 0.2) is 24.3 Å². The zero-order chi connectivity index (χ0) is 16.4. The van der Waals surface area contributed by atoms with Gasteiger partial charge in [-0.25, -0.2) is 4.79 Å². The average Bonchev–Trinajstić information content (AvgIpc) is 3.10. The normalized spacial score (nSPS) is 29.6. The Morgan fingerprint density at radius 3 is 2.52 bits per heavy atom. The summed E-state index contributed by atoms with van der Waals surface area (Å²) in [4.78, 5) is 12.2. The van der Waals surface area contributed by atoms with E-state index < -0.39 is 0 Å². The molecule has 3 rings (SSSR count). The highest BCUT2D eigenvalue weighted by Crippen LogP contribution is 2.28. The summed E-state index contributed by atoms with van der Waals surface area (Å²) in [7, 11) is 1.65. The summed E-state index contributed by atoms with van der Waals surface area (Å²) in [5, 5.41) is 5.77. The number of amides is 2. The summed E-state index contributed by atoms with van der Waals surface area (Å²) in [6, 6.07) is 7.47. The summed E-state index contributed by atoms with van der Waals surface area (Å²) in [5.41, 5.74) is 2.01. The number of rotatable bonds is 4. The molecule has 6 nitrogen and oxygen atoms in total. The molecule has 4 atom stereocenters. The standard InChI is InChI=1S/C17H24N2O4/c1-10(2)11-4-6-12(7-5-11)18-17(20)19-13-8-22-16-14(21-3)9-23-15(13)16/h4-7,10,13-16H,8-9H2,1-3H3,(H2,18,19,20)/t13-,14+,15+,16+/m0/s1. The third-order valence-corrected chi connectivity index (χ3v) is 4.46. The molecule has 0 aromatic heterocycles. The van der Waals surface area contributed by atoms with Crippen LogP contribution in [0.1, 0.15) is 25.3 Å². The summed E-state index contributed by atoms with van der Waals surface area (Å²) >= 11 is 0. The predicted molar refractivity (Wildman–Crippen MR) is 86.8 cm³/mol. The fourth-order valence-electron chi connectivity index (χ4n) is 3.08. The zero-order valence-electron chi connectivity index (χ0n) is 13.7. The Hall–Kier alpha value is -1.63. The summed E-state index contributed by atoms with van der Waals surface area (Å²) < 4.78 is 16.7. The van der Waals surface area contributed by atoms with Crippen LogP contribution in [-0.4, -0.2) is 50.7 Å². The van der Waals surface area contributed by atoms with Gasteiger partial charge >= 0.3 is 6.03 Å². The van der Waals surface area contributed by atoms with E-state index in [1.165, 1.54) is 5.56 Å². The molecule has 2 aliphatic rings. The number of carbonyl (C=O) groups excluding carboxylic acids is 1. The third-order valence-electron chi connectivity index (χ3n) is 4.46. The van der Waals surface area contributed by atoms with Gasteiger partial charge < -0.3 is 24.8 Å². The Bertz CT molecular complexity index is 546. The lowest BCUT2D eigenvalue weighted by Gasteiger charge is -2.18. The average molecular weight is 320 g/mol. The van der Waals surface area contributed by atoms with Crippen LogP contribution in [0.3, 0.4) is 0 Å². The lowest BCUT2D eigenvalue weighted by atomic mass is 10.0. The molecule has 0 unspecified atom stereocenters. The summed E-state index contributed by atoms with van der Waals surface area (Å²) in [6.07, 6.45) is -0.303. The molecule has 0 bridgehead atoms. The smallest absolute Gasteiger partial charge is 0.319 e. The van der Waals surface area contributed by atoms with Crippen LogP contribution in [0, 0.1) is 0 Å². The number of ether oxygens (including phenoxy) is 3. The molecule has 0 radical (unpaired) electrons. The lowest BCUT2D eigenvalue weighted by Crippen LogP contribution is -2.46. The lowest BCUT2D eigenvalue weighted by molar-refractivity contribution is -0.00805. The number of methoxy groups -OCH3 is 1. The van der Waals surface area contributed by atoms with Gasteiger partial charge in [-0.2, -0.15) is 0 Å². The summed E-state index contributed by atoms with van der Waals surface area (Å²) in [6.45, 7) is 5.22. The highest BCUT2D eigenvalue weighted by Gasteiger charge is 2.48. The van der Waals surface area contributed by atoms with Gasteiger partial charge in [-0.15, -0.1) is 0 Å². The van der Waals surface area contributed by atoms with E-state index in [-0.39, 0.29) is 30.4 Å². The van der Waals surface area contributed by atoms with Gasteiger partial charge in [0.25, 0.3) is 0 Å². The minimum atomic E-state index is -0.249. The molecule has 2 heterocycles. The van der Waals surface area contributed by atoms with Crippen molar-refractivity contribution >= 4 is 11.7 Å². The Morgan fingerprint density at radius 2 is 1.87 bits per heavy atom. The largest absolute Gasteiger partial charge is 0.376 e. The number of anilines is 1. The molecule has 2 fully saturated rings. The van der Waals surface area contributed by atoms with Crippen LogP contribution < -0.4 is 10.6 Å². The molecule has 2 N–H and O–H groups in total. The third kappa shape index (κ3) is 3.49. The van der Waals surface area contributed by atoms with E-state index in [1.807, 2.05) is 24.3 Å². The Kier molecular flexibility index (Phi) is 4.84. The van der Waals surface area contributed by atoms with Gasteiger partial charge in [0.15, 0.2) is 0 Å². The topological polar surface area (TPSA) is 68.8 Å². The molecule has 0 saturated carbocycles. The van der Waals surface area contributed by atoms with Crippen molar-refractivity contribution in [2.75, 3.05) is 25.6 Å². The van der Waals surface area contributed by atoms with Gasteiger partial charge in [-0.05, 0) is 23.6 Å². The second-order valence-electron chi connectivity index (χ2n) is 6.35. The van der Waals surface area contributed by atoms with Crippen LogP contribution >= 0.6 is 0 Å². The number of urea groups is 1. The van der Waals surface area contributed by atoms with Gasteiger partial charge in [-0.3, -0.25) is 0 Å². The van der Waals surface area contributed by atoms with E-state index in [0.29, 0.717) is 19.1 Å². The molecule has 1 aromatic rings. The molecule has 126 valence electrons. The van der Waals surface area contributed by atoms with E-state index in [2.05, 4.69) is 24.5 Å². The SMILES string of the molecule is CO[C@@H]1CO[C@H]2[C@@H]1OC[C@@H]2NC(=O)Nc1ccc(C(C)C)cc1. The summed E-state index contributed by atoms with van der Waals surface area (Å²) in [5.74, 6) is 0.471. The molecular weight excluding hydrogens is 296 g/mol. The zero-order valence-corrected chi connectivity index (χ0v) is 13.7. The maximum absolute atomic E-state index is 12.2. The minimum Gasteiger partial charge on any atom is -0.376 e. The Labute approximate surface area is 136 Å². The monoisotopic (exact) mass is 320 g/mol. The number of hydrogen-bond donors (Lipinski definition) is 2. The van der Waals surface area contributed by atoms with E-state index >= 15 is 0 Å². The first-order chi connectivity index (χ1) is 11.1. The second-order valence-corrected chi connectivity index (χ2v) is 6.35. The fourth-order valence-corrected chi connectivity index (χ4v) is 3.08. The fraction of sp³-hybridized carbons (Fsp3) is 0.588. The predicted octanol–water partition coefficient (Wildman–Crippen LogP) is 2.11. The molecule has 1 aromatic carbocycles. The highest BCUT2D eigenvalue weighted by molar-refractivity contribution is 5.89. The number of hydrogen-bond acceptors (Lipinski definition) is 4. The first-order valence-electron chi connectivity index (χ1n) is 8.02. The van der Waals surface area contributed by atoms with Gasteiger partial charge in [-0.1, -0.05) is 26.0 Å². The second kappa shape index (κ2) is 6.86.